The summed E-state index contributed by atoms with van der Waals surface area (Å²) in [5.41, 5.74) is 2.26. The summed E-state index contributed by atoms with van der Waals surface area (Å²) in [6.07, 6.45) is 0. The van der Waals surface area contributed by atoms with Gasteiger partial charge < -0.3 is 9.73 Å². The van der Waals surface area contributed by atoms with Gasteiger partial charge in [0.25, 0.3) is 0 Å². The SMILES string of the molecule is Cc1cccc(NCc2ccc(C#N)o2)c1. The van der Waals surface area contributed by atoms with E-state index in [0.29, 0.717) is 12.3 Å². The average molecular weight is 212 g/mol. The molecule has 1 aromatic heterocycles. The number of furan rings is 1. The third-order valence-corrected chi connectivity index (χ3v) is 2.26. The number of benzene rings is 1. The van der Waals surface area contributed by atoms with E-state index in [-0.39, 0.29) is 0 Å². The third kappa shape index (κ3) is 2.43. The summed E-state index contributed by atoms with van der Waals surface area (Å²) in [7, 11) is 0. The lowest BCUT2D eigenvalue weighted by atomic mass is 10.2. The van der Waals surface area contributed by atoms with E-state index in [1.54, 1.807) is 12.1 Å². The Labute approximate surface area is 94.3 Å². The summed E-state index contributed by atoms with van der Waals surface area (Å²) in [6, 6.07) is 13.6. The van der Waals surface area contributed by atoms with Gasteiger partial charge >= 0.3 is 0 Å². The van der Waals surface area contributed by atoms with Crippen molar-refractivity contribution < 1.29 is 4.42 Å². The van der Waals surface area contributed by atoms with Crippen molar-refractivity contribution in [2.45, 2.75) is 13.5 Å². The normalized spacial score (nSPS) is 9.75. The molecule has 1 heterocycles. The van der Waals surface area contributed by atoms with Crippen molar-refractivity contribution in [2.24, 2.45) is 0 Å². The molecule has 0 amide bonds. The summed E-state index contributed by atoms with van der Waals surface area (Å²) < 4.78 is 5.26. The smallest absolute Gasteiger partial charge is 0.203 e. The maximum atomic E-state index is 8.61. The van der Waals surface area contributed by atoms with E-state index in [9.17, 15) is 0 Å². The van der Waals surface area contributed by atoms with Crippen LogP contribution in [0, 0.1) is 18.3 Å². The van der Waals surface area contributed by atoms with Gasteiger partial charge in [0.1, 0.15) is 11.8 Å². The van der Waals surface area contributed by atoms with E-state index in [2.05, 4.69) is 11.4 Å². The summed E-state index contributed by atoms with van der Waals surface area (Å²) in [5, 5.41) is 11.8. The van der Waals surface area contributed by atoms with Crippen molar-refractivity contribution in [2.75, 3.05) is 5.32 Å². The maximum absolute atomic E-state index is 8.61. The van der Waals surface area contributed by atoms with Gasteiger partial charge in [0.2, 0.25) is 5.76 Å². The van der Waals surface area contributed by atoms with Crippen LogP contribution in [0.1, 0.15) is 17.1 Å². The Hall–Kier alpha value is -2.21. The number of hydrogen-bond acceptors (Lipinski definition) is 3. The standard InChI is InChI=1S/C13H12N2O/c1-10-3-2-4-11(7-10)15-9-13-6-5-12(8-14)16-13/h2-7,15H,9H2,1H3. The number of rotatable bonds is 3. The molecule has 3 heteroatoms. The number of aryl methyl sites for hydroxylation is 1. The van der Waals surface area contributed by atoms with Gasteiger partial charge in [0.15, 0.2) is 0 Å². The summed E-state index contributed by atoms with van der Waals surface area (Å²) in [4.78, 5) is 0. The maximum Gasteiger partial charge on any atom is 0.203 e. The Kier molecular flexibility index (Phi) is 2.93. The molecular weight excluding hydrogens is 200 g/mol. The largest absolute Gasteiger partial charge is 0.449 e. The van der Waals surface area contributed by atoms with Crippen LogP contribution in [-0.2, 0) is 6.54 Å². The zero-order chi connectivity index (χ0) is 11.4. The molecule has 1 aromatic carbocycles. The molecule has 0 aliphatic rings. The van der Waals surface area contributed by atoms with Gasteiger partial charge in [0, 0.05) is 5.69 Å². The van der Waals surface area contributed by atoms with Crippen molar-refractivity contribution >= 4 is 5.69 Å². The summed E-state index contributed by atoms with van der Waals surface area (Å²) in [5.74, 6) is 1.11. The monoisotopic (exact) mass is 212 g/mol. The minimum atomic E-state index is 0.348. The number of nitrogens with one attached hydrogen (secondary N) is 1. The molecule has 0 radical (unpaired) electrons. The van der Waals surface area contributed by atoms with Crippen LogP contribution in [-0.4, -0.2) is 0 Å². The molecule has 0 unspecified atom stereocenters. The molecule has 2 rings (SSSR count). The Morgan fingerprint density at radius 3 is 2.88 bits per heavy atom. The zero-order valence-electron chi connectivity index (χ0n) is 9.03. The van der Waals surface area contributed by atoms with E-state index in [0.717, 1.165) is 11.4 Å². The predicted molar refractivity (Wildman–Crippen MR) is 61.9 cm³/mol. The Morgan fingerprint density at radius 2 is 2.19 bits per heavy atom. The highest BCUT2D eigenvalue weighted by atomic mass is 16.3. The first-order valence-electron chi connectivity index (χ1n) is 5.07. The number of nitrogens with zero attached hydrogens (tertiary/aromatic N) is 1. The van der Waals surface area contributed by atoms with Crippen LogP contribution < -0.4 is 5.32 Å². The van der Waals surface area contributed by atoms with Gasteiger partial charge in [-0.05, 0) is 36.8 Å². The molecule has 0 fully saturated rings. The van der Waals surface area contributed by atoms with Gasteiger partial charge in [-0.2, -0.15) is 5.26 Å². The van der Waals surface area contributed by atoms with Crippen LogP contribution in [0.5, 0.6) is 0 Å². The topological polar surface area (TPSA) is 49.0 Å². The molecule has 2 aromatic rings. The number of anilines is 1. The van der Waals surface area contributed by atoms with Crippen LogP contribution in [0.3, 0.4) is 0 Å². The van der Waals surface area contributed by atoms with Crippen LogP contribution in [0.25, 0.3) is 0 Å². The third-order valence-electron chi connectivity index (χ3n) is 2.26. The van der Waals surface area contributed by atoms with Gasteiger partial charge in [-0.1, -0.05) is 12.1 Å². The van der Waals surface area contributed by atoms with E-state index in [1.807, 2.05) is 31.2 Å². The van der Waals surface area contributed by atoms with E-state index in [1.165, 1.54) is 5.56 Å². The van der Waals surface area contributed by atoms with E-state index in [4.69, 9.17) is 9.68 Å². The average Bonchev–Trinajstić information content (AvgIpc) is 2.74. The molecular formula is C13H12N2O. The highest BCUT2D eigenvalue weighted by Crippen LogP contribution is 2.12. The molecule has 16 heavy (non-hydrogen) atoms. The Balaban J connectivity index is 2.00. The number of nitriles is 1. The first-order chi connectivity index (χ1) is 7.78. The van der Waals surface area contributed by atoms with Crippen molar-refractivity contribution in [3.05, 3.63) is 53.5 Å². The second-order valence-corrected chi connectivity index (χ2v) is 3.60. The molecule has 0 atom stereocenters. The van der Waals surface area contributed by atoms with Gasteiger partial charge in [0.05, 0.1) is 6.54 Å². The first kappa shape index (κ1) is 10.3. The van der Waals surface area contributed by atoms with Crippen molar-refractivity contribution in [1.29, 1.82) is 5.26 Å². The Morgan fingerprint density at radius 1 is 1.31 bits per heavy atom. The summed E-state index contributed by atoms with van der Waals surface area (Å²) >= 11 is 0. The first-order valence-corrected chi connectivity index (χ1v) is 5.07. The quantitative estimate of drug-likeness (QED) is 0.850. The molecule has 0 bridgehead atoms. The van der Waals surface area contributed by atoms with Crippen LogP contribution in [0.4, 0.5) is 5.69 Å². The molecule has 0 saturated heterocycles. The van der Waals surface area contributed by atoms with Gasteiger partial charge in [-0.3, -0.25) is 0 Å². The second-order valence-electron chi connectivity index (χ2n) is 3.60. The fourth-order valence-corrected chi connectivity index (χ4v) is 1.48. The lowest BCUT2D eigenvalue weighted by molar-refractivity contribution is 0.506. The number of hydrogen-bond donors (Lipinski definition) is 1. The lowest BCUT2D eigenvalue weighted by Gasteiger charge is -2.04. The fourth-order valence-electron chi connectivity index (χ4n) is 1.48. The van der Waals surface area contributed by atoms with Crippen LogP contribution in [0.15, 0.2) is 40.8 Å². The zero-order valence-corrected chi connectivity index (χ0v) is 9.03. The molecule has 0 spiro atoms. The minimum absolute atomic E-state index is 0.348. The Bertz CT molecular complexity index is 523. The molecule has 80 valence electrons. The summed E-state index contributed by atoms with van der Waals surface area (Å²) in [6.45, 7) is 2.64. The molecule has 0 aliphatic heterocycles. The minimum Gasteiger partial charge on any atom is -0.449 e. The van der Waals surface area contributed by atoms with Gasteiger partial charge in [-0.15, -0.1) is 0 Å². The second kappa shape index (κ2) is 4.54. The van der Waals surface area contributed by atoms with Crippen LogP contribution >= 0.6 is 0 Å². The predicted octanol–water partition coefficient (Wildman–Crippen LogP) is 3.07. The van der Waals surface area contributed by atoms with Crippen molar-refractivity contribution in [3.63, 3.8) is 0 Å². The van der Waals surface area contributed by atoms with E-state index >= 15 is 0 Å². The fraction of sp³-hybridized carbons (Fsp3) is 0.154. The highest BCUT2D eigenvalue weighted by Gasteiger charge is 2.00. The molecule has 3 nitrogen and oxygen atoms in total. The van der Waals surface area contributed by atoms with Crippen molar-refractivity contribution in [3.8, 4) is 6.07 Å². The van der Waals surface area contributed by atoms with Crippen molar-refractivity contribution in [1.82, 2.24) is 0 Å². The molecule has 0 saturated carbocycles. The molecule has 0 aliphatic carbocycles. The van der Waals surface area contributed by atoms with Gasteiger partial charge in [-0.25, -0.2) is 0 Å². The molecule has 1 N–H and O–H groups in total. The highest BCUT2D eigenvalue weighted by molar-refractivity contribution is 5.45. The lowest BCUT2D eigenvalue weighted by Crippen LogP contribution is -1.97. The van der Waals surface area contributed by atoms with E-state index < -0.39 is 0 Å². The van der Waals surface area contributed by atoms with Crippen LogP contribution in [0.2, 0.25) is 0 Å².